The van der Waals surface area contributed by atoms with Crippen molar-refractivity contribution in [2.24, 2.45) is 10.8 Å². The number of aliphatic carboxylic acids is 1. The first-order chi connectivity index (χ1) is 9.67. The summed E-state index contributed by atoms with van der Waals surface area (Å²) in [5, 5.41) is 14.7. The first-order valence-corrected chi connectivity index (χ1v) is 7.56. The molecule has 1 aliphatic rings. The number of carbonyl (C=O) groups excluding carboxylic acids is 1. The highest BCUT2D eigenvalue weighted by Crippen LogP contribution is 2.42. The van der Waals surface area contributed by atoms with Gasteiger partial charge in [-0.05, 0) is 26.7 Å². The number of carboxylic acid groups (broad SMARTS) is 1. The molecular weight excluding hydrogens is 272 g/mol. The van der Waals surface area contributed by atoms with Crippen LogP contribution in [0.4, 0.5) is 4.79 Å². The average Bonchev–Trinajstić information content (AvgIpc) is 2.43. The van der Waals surface area contributed by atoms with Gasteiger partial charge in [-0.1, -0.05) is 20.8 Å². The van der Waals surface area contributed by atoms with Crippen molar-refractivity contribution in [2.75, 3.05) is 13.2 Å². The molecule has 1 aliphatic carbocycles. The maximum Gasteiger partial charge on any atom is 0.315 e. The standard InChI is InChI=1S/C15H28N2O4/c1-6-15(5,12(18)19)9-16-13(20)17-10-8-11(21-7-2)14(10,3)4/h10-11H,6-9H2,1-5H3,(H,18,19)(H2,16,17,20). The van der Waals surface area contributed by atoms with Crippen molar-refractivity contribution >= 4 is 12.0 Å². The summed E-state index contributed by atoms with van der Waals surface area (Å²) in [5.41, 5.74) is -1.03. The van der Waals surface area contributed by atoms with Gasteiger partial charge in [-0.3, -0.25) is 4.79 Å². The molecule has 0 aliphatic heterocycles. The molecule has 0 aromatic heterocycles. The van der Waals surface area contributed by atoms with E-state index in [9.17, 15) is 14.7 Å². The highest BCUT2D eigenvalue weighted by atomic mass is 16.5. The SMILES string of the molecule is CCOC1CC(NC(=O)NCC(C)(CC)C(=O)O)C1(C)C. The van der Waals surface area contributed by atoms with Crippen LogP contribution in [0.5, 0.6) is 0 Å². The van der Waals surface area contributed by atoms with E-state index in [1.54, 1.807) is 13.8 Å². The molecule has 0 aromatic carbocycles. The summed E-state index contributed by atoms with van der Waals surface area (Å²) in [6.07, 6.45) is 1.41. The molecule has 0 aromatic rings. The van der Waals surface area contributed by atoms with E-state index < -0.39 is 11.4 Å². The molecule has 3 unspecified atom stereocenters. The van der Waals surface area contributed by atoms with Gasteiger partial charge in [0.2, 0.25) is 0 Å². The van der Waals surface area contributed by atoms with Crippen LogP contribution >= 0.6 is 0 Å². The van der Waals surface area contributed by atoms with E-state index >= 15 is 0 Å². The molecule has 0 bridgehead atoms. The van der Waals surface area contributed by atoms with Gasteiger partial charge in [0.25, 0.3) is 0 Å². The van der Waals surface area contributed by atoms with Gasteiger partial charge in [-0.2, -0.15) is 0 Å². The number of ether oxygens (including phenoxy) is 1. The second kappa shape index (κ2) is 6.64. The molecule has 3 N–H and O–H groups in total. The fourth-order valence-corrected chi connectivity index (χ4v) is 2.45. The lowest BCUT2D eigenvalue weighted by Crippen LogP contribution is -2.63. The zero-order chi connectivity index (χ0) is 16.3. The molecule has 0 heterocycles. The van der Waals surface area contributed by atoms with E-state index in [-0.39, 0.29) is 30.1 Å². The van der Waals surface area contributed by atoms with Crippen LogP contribution in [0.3, 0.4) is 0 Å². The van der Waals surface area contributed by atoms with Crippen molar-refractivity contribution in [3.8, 4) is 0 Å². The second-order valence-corrected chi connectivity index (χ2v) is 6.60. The molecule has 21 heavy (non-hydrogen) atoms. The van der Waals surface area contributed by atoms with E-state index in [2.05, 4.69) is 24.5 Å². The maximum absolute atomic E-state index is 11.9. The highest BCUT2D eigenvalue weighted by Gasteiger charge is 2.49. The fourth-order valence-electron chi connectivity index (χ4n) is 2.45. The number of hydrogen-bond donors (Lipinski definition) is 3. The number of rotatable bonds is 7. The summed E-state index contributed by atoms with van der Waals surface area (Å²) >= 11 is 0. The summed E-state index contributed by atoms with van der Waals surface area (Å²) in [5.74, 6) is -0.898. The van der Waals surface area contributed by atoms with Gasteiger partial charge in [0.05, 0.1) is 11.5 Å². The van der Waals surface area contributed by atoms with Gasteiger partial charge < -0.3 is 20.5 Å². The smallest absolute Gasteiger partial charge is 0.315 e. The minimum Gasteiger partial charge on any atom is -0.481 e. The predicted molar refractivity (Wildman–Crippen MR) is 80.2 cm³/mol. The van der Waals surface area contributed by atoms with Crippen molar-refractivity contribution in [3.05, 3.63) is 0 Å². The quantitative estimate of drug-likeness (QED) is 0.671. The molecule has 1 fully saturated rings. The van der Waals surface area contributed by atoms with Crippen molar-refractivity contribution in [3.63, 3.8) is 0 Å². The van der Waals surface area contributed by atoms with E-state index in [0.29, 0.717) is 13.0 Å². The minimum absolute atomic E-state index is 0.0479. The molecule has 6 heteroatoms. The number of carbonyl (C=O) groups is 2. The third-order valence-electron chi connectivity index (χ3n) is 4.79. The Bertz CT molecular complexity index is 397. The summed E-state index contributed by atoms with van der Waals surface area (Å²) in [7, 11) is 0. The molecule has 2 amide bonds. The number of hydrogen-bond acceptors (Lipinski definition) is 3. The Morgan fingerprint density at radius 1 is 1.38 bits per heavy atom. The van der Waals surface area contributed by atoms with Crippen LogP contribution in [0.2, 0.25) is 0 Å². The molecule has 0 radical (unpaired) electrons. The van der Waals surface area contributed by atoms with Crippen molar-refractivity contribution < 1.29 is 19.4 Å². The Hall–Kier alpha value is -1.30. The van der Waals surface area contributed by atoms with Crippen molar-refractivity contribution in [2.45, 2.75) is 59.6 Å². The molecule has 0 spiro atoms. The molecule has 0 saturated heterocycles. The topological polar surface area (TPSA) is 87.7 Å². The maximum atomic E-state index is 11.9. The summed E-state index contributed by atoms with van der Waals surface area (Å²) in [4.78, 5) is 23.1. The Balaban J connectivity index is 2.44. The monoisotopic (exact) mass is 300 g/mol. The van der Waals surface area contributed by atoms with Crippen LogP contribution in [0.1, 0.15) is 47.5 Å². The summed E-state index contributed by atoms with van der Waals surface area (Å²) < 4.78 is 5.62. The van der Waals surface area contributed by atoms with E-state index in [1.165, 1.54) is 0 Å². The van der Waals surface area contributed by atoms with E-state index in [4.69, 9.17) is 4.74 Å². The third-order valence-corrected chi connectivity index (χ3v) is 4.79. The van der Waals surface area contributed by atoms with Crippen molar-refractivity contribution in [1.82, 2.24) is 10.6 Å². The van der Waals surface area contributed by atoms with Crippen LogP contribution in [-0.2, 0) is 9.53 Å². The lowest BCUT2D eigenvalue weighted by atomic mass is 9.64. The van der Waals surface area contributed by atoms with Gasteiger partial charge in [-0.15, -0.1) is 0 Å². The minimum atomic E-state index is -0.930. The lowest BCUT2D eigenvalue weighted by Gasteiger charge is -2.51. The molecule has 122 valence electrons. The average molecular weight is 300 g/mol. The largest absolute Gasteiger partial charge is 0.481 e. The number of carboxylic acids is 1. The van der Waals surface area contributed by atoms with Crippen LogP contribution < -0.4 is 10.6 Å². The van der Waals surface area contributed by atoms with Crippen LogP contribution in [-0.4, -0.2) is 42.4 Å². The molecular formula is C15H28N2O4. The van der Waals surface area contributed by atoms with Gasteiger partial charge in [0, 0.05) is 24.6 Å². The normalized spacial score (nSPS) is 26.3. The number of urea groups is 1. The molecule has 3 atom stereocenters. The Labute approximate surface area is 126 Å². The Morgan fingerprint density at radius 2 is 2.00 bits per heavy atom. The van der Waals surface area contributed by atoms with Gasteiger partial charge in [0.15, 0.2) is 0 Å². The first kappa shape index (κ1) is 17.8. The zero-order valence-corrected chi connectivity index (χ0v) is 13.7. The molecule has 1 saturated carbocycles. The molecule has 1 rings (SSSR count). The summed E-state index contributed by atoms with van der Waals surface area (Å²) in [6.45, 7) is 10.3. The van der Waals surface area contributed by atoms with Crippen LogP contribution in [0, 0.1) is 10.8 Å². The van der Waals surface area contributed by atoms with E-state index in [1.807, 2.05) is 6.92 Å². The fraction of sp³-hybridized carbons (Fsp3) is 0.867. The Kier molecular flexibility index (Phi) is 5.61. The van der Waals surface area contributed by atoms with Crippen LogP contribution in [0.25, 0.3) is 0 Å². The zero-order valence-electron chi connectivity index (χ0n) is 13.7. The lowest BCUT2D eigenvalue weighted by molar-refractivity contribution is -0.147. The third kappa shape index (κ3) is 3.87. The first-order valence-electron chi connectivity index (χ1n) is 7.56. The van der Waals surface area contributed by atoms with E-state index in [0.717, 1.165) is 6.42 Å². The predicted octanol–water partition coefficient (Wildman–Crippen LogP) is 1.99. The second-order valence-electron chi connectivity index (χ2n) is 6.60. The summed E-state index contributed by atoms with van der Waals surface area (Å²) in [6, 6.07) is -0.268. The van der Waals surface area contributed by atoms with Crippen LogP contribution in [0.15, 0.2) is 0 Å². The number of nitrogens with one attached hydrogen (secondary N) is 2. The Morgan fingerprint density at radius 3 is 2.43 bits per heavy atom. The van der Waals surface area contributed by atoms with Crippen molar-refractivity contribution in [1.29, 1.82) is 0 Å². The van der Waals surface area contributed by atoms with Gasteiger partial charge >= 0.3 is 12.0 Å². The molecule has 6 nitrogen and oxygen atoms in total. The number of amides is 2. The van der Waals surface area contributed by atoms with Gasteiger partial charge in [-0.25, -0.2) is 4.79 Å². The van der Waals surface area contributed by atoms with Gasteiger partial charge in [0.1, 0.15) is 0 Å². The highest BCUT2D eigenvalue weighted by molar-refractivity contribution is 5.78.